The van der Waals surface area contributed by atoms with E-state index >= 15 is 0 Å². The normalized spacial score (nSPS) is 10.9. The maximum absolute atomic E-state index is 12.1. The van der Waals surface area contributed by atoms with Gasteiger partial charge in [-0.25, -0.2) is 0 Å². The number of H-pyrrole nitrogens is 1. The average Bonchev–Trinajstić information content (AvgIpc) is 2.93. The van der Waals surface area contributed by atoms with Gasteiger partial charge in [0.25, 0.3) is 11.9 Å². The number of hydrogen-bond donors (Lipinski definition) is 2. The van der Waals surface area contributed by atoms with Gasteiger partial charge in [-0.2, -0.15) is 4.98 Å². The van der Waals surface area contributed by atoms with Crippen LogP contribution in [0.5, 0.6) is 0 Å². The zero-order chi connectivity index (χ0) is 14.9. The number of fused-ring (bicyclic) bond motifs is 3. The smallest absolute Gasteiger partial charge is 0.258 e. The Morgan fingerprint density at radius 3 is 2.59 bits per heavy atom. The molecule has 0 atom stereocenters. The quantitative estimate of drug-likeness (QED) is 0.594. The van der Waals surface area contributed by atoms with Crippen molar-refractivity contribution < 1.29 is 4.79 Å². The molecule has 106 valence electrons. The Labute approximate surface area is 125 Å². The molecular formula is C16H11N5O. The Morgan fingerprint density at radius 2 is 1.73 bits per heavy atom. The van der Waals surface area contributed by atoms with Crippen LogP contribution in [0.15, 0.2) is 54.6 Å². The molecule has 0 unspecified atom stereocenters. The van der Waals surface area contributed by atoms with Gasteiger partial charge in [0.05, 0.1) is 0 Å². The van der Waals surface area contributed by atoms with Crippen molar-refractivity contribution in [2.75, 3.05) is 5.32 Å². The summed E-state index contributed by atoms with van der Waals surface area (Å²) in [6.07, 6.45) is 0. The van der Waals surface area contributed by atoms with Crippen molar-refractivity contribution in [1.82, 2.24) is 20.2 Å². The van der Waals surface area contributed by atoms with Crippen LogP contribution in [0.1, 0.15) is 10.4 Å². The lowest BCUT2D eigenvalue weighted by Crippen LogP contribution is -2.14. The minimum atomic E-state index is -0.266. The first kappa shape index (κ1) is 12.5. The fraction of sp³-hybridized carbons (Fsp3) is 0. The molecule has 0 radical (unpaired) electrons. The molecule has 6 heteroatoms. The minimum absolute atomic E-state index is 0.174. The van der Waals surface area contributed by atoms with Crippen LogP contribution in [0.25, 0.3) is 22.1 Å². The largest absolute Gasteiger partial charge is 0.338 e. The summed E-state index contributed by atoms with van der Waals surface area (Å²) >= 11 is 0. The van der Waals surface area contributed by atoms with Crippen molar-refractivity contribution in [3.63, 3.8) is 0 Å². The standard InChI is InChI=1S/C16H11N5O/c22-15(10-6-2-1-3-7-10)19-16-18-14-13(20-21-16)11-8-4-5-9-12(11)17-14/h1-9H,(H2,17,18,19,21,22). The zero-order valence-corrected chi connectivity index (χ0v) is 11.4. The molecule has 0 aliphatic heterocycles. The summed E-state index contributed by atoms with van der Waals surface area (Å²) < 4.78 is 0. The summed E-state index contributed by atoms with van der Waals surface area (Å²) in [6, 6.07) is 16.7. The maximum atomic E-state index is 12.1. The number of aromatic amines is 1. The average molecular weight is 289 g/mol. The molecule has 0 aliphatic rings. The Hall–Kier alpha value is -3.28. The molecule has 4 rings (SSSR count). The van der Waals surface area contributed by atoms with Gasteiger partial charge in [-0.1, -0.05) is 36.4 Å². The van der Waals surface area contributed by atoms with Crippen molar-refractivity contribution >= 4 is 33.9 Å². The highest BCUT2D eigenvalue weighted by atomic mass is 16.1. The number of nitrogens with one attached hydrogen (secondary N) is 2. The van der Waals surface area contributed by atoms with E-state index in [0.717, 1.165) is 10.9 Å². The van der Waals surface area contributed by atoms with Gasteiger partial charge < -0.3 is 4.98 Å². The summed E-state index contributed by atoms with van der Waals surface area (Å²) in [4.78, 5) is 19.6. The summed E-state index contributed by atoms with van der Waals surface area (Å²) in [7, 11) is 0. The molecule has 2 aromatic heterocycles. The van der Waals surface area contributed by atoms with Gasteiger partial charge in [0.2, 0.25) is 0 Å². The van der Waals surface area contributed by atoms with Crippen LogP contribution < -0.4 is 5.32 Å². The second-order valence-corrected chi connectivity index (χ2v) is 4.82. The van der Waals surface area contributed by atoms with Crippen molar-refractivity contribution in [2.24, 2.45) is 0 Å². The third-order valence-corrected chi connectivity index (χ3v) is 3.38. The highest BCUT2D eigenvalue weighted by Gasteiger charge is 2.11. The number of para-hydroxylation sites is 1. The van der Waals surface area contributed by atoms with Crippen LogP contribution in [-0.2, 0) is 0 Å². The molecule has 2 heterocycles. The lowest BCUT2D eigenvalue weighted by atomic mass is 10.2. The minimum Gasteiger partial charge on any atom is -0.338 e. The van der Waals surface area contributed by atoms with Crippen LogP contribution in [0.3, 0.4) is 0 Å². The maximum Gasteiger partial charge on any atom is 0.258 e. The van der Waals surface area contributed by atoms with E-state index < -0.39 is 0 Å². The molecular weight excluding hydrogens is 278 g/mol. The van der Waals surface area contributed by atoms with Crippen LogP contribution in [0.4, 0.5) is 5.95 Å². The lowest BCUT2D eigenvalue weighted by Gasteiger charge is -2.02. The summed E-state index contributed by atoms with van der Waals surface area (Å²) in [6.45, 7) is 0. The fourth-order valence-electron chi connectivity index (χ4n) is 2.34. The molecule has 0 saturated carbocycles. The van der Waals surface area contributed by atoms with Crippen molar-refractivity contribution in [3.05, 3.63) is 60.2 Å². The first-order valence-corrected chi connectivity index (χ1v) is 6.79. The third kappa shape index (κ3) is 2.07. The molecule has 0 saturated heterocycles. The number of carbonyl (C=O) groups excluding carboxylic acids is 1. The Balaban J connectivity index is 1.71. The van der Waals surface area contributed by atoms with Gasteiger partial charge >= 0.3 is 0 Å². The van der Waals surface area contributed by atoms with E-state index in [1.807, 2.05) is 30.3 Å². The van der Waals surface area contributed by atoms with Crippen LogP contribution in [0, 0.1) is 0 Å². The van der Waals surface area contributed by atoms with E-state index in [9.17, 15) is 4.79 Å². The molecule has 22 heavy (non-hydrogen) atoms. The first-order valence-electron chi connectivity index (χ1n) is 6.79. The molecule has 0 fully saturated rings. The summed E-state index contributed by atoms with van der Waals surface area (Å²) in [5.41, 5.74) is 2.77. The molecule has 6 nitrogen and oxygen atoms in total. The van der Waals surface area contributed by atoms with E-state index in [2.05, 4.69) is 25.5 Å². The van der Waals surface area contributed by atoms with Gasteiger partial charge in [-0.3, -0.25) is 10.1 Å². The first-order chi connectivity index (χ1) is 10.8. The molecule has 0 spiro atoms. The lowest BCUT2D eigenvalue weighted by molar-refractivity contribution is 0.102. The number of amides is 1. The van der Waals surface area contributed by atoms with Crippen molar-refractivity contribution in [1.29, 1.82) is 0 Å². The second kappa shape index (κ2) is 4.92. The van der Waals surface area contributed by atoms with Crippen LogP contribution >= 0.6 is 0 Å². The van der Waals surface area contributed by atoms with Crippen molar-refractivity contribution in [2.45, 2.75) is 0 Å². The van der Waals surface area contributed by atoms with Gasteiger partial charge in [0.1, 0.15) is 5.52 Å². The predicted octanol–water partition coefficient (Wildman–Crippen LogP) is 2.76. The van der Waals surface area contributed by atoms with Crippen LogP contribution in [-0.4, -0.2) is 26.1 Å². The van der Waals surface area contributed by atoms with Gasteiger partial charge in [-0.15, -0.1) is 10.2 Å². The molecule has 4 aromatic rings. The molecule has 2 aromatic carbocycles. The van der Waals surface area contributed by atoms with E-state index in [4.69, 9.17) is 0 Å². The predicted molar refractivity (Wildman–Crippen MR) is 83.6 cm³/mol. The van der Waals surface area contributed by atoms with Gasteiger partial charge in [0.15, 0.2) is 5.65 Å². The number of benzene rings is 2. The van der Waals surface area contributed by atoms with Crippen LogP contribution in [0.2, 0.25) is 0 Å². The second-order valence-electron chi connectivity index (χ2n) is 4.82. The topological polar surface area (TPSA) is 83.6 Å². The fourth-order valence-corrected chi connectivity index (χ4v) is 2.34. The number of rotatable bonds is 2. The number of hydrogen-bond acceptors (Lipinski definition) is 4. The van der Waals surface area contributed by atoms with Gasteiger partial charge in [-0.05, 0) is 18.2 Å². The number of anilines is 1. The highest BCUT2D eigenvalue weighted by molar-refractivity contribution is 6.05. The summed E-state index contributed by atoms with van der Waals surface area (Å²) in [5, 5.41) is 11.7. The monoisotopic (exact) mass is 289 g/mol. The van der Waals surface area contributed by atoms with E-state index in [1.165, 1.54) is 0 Å². The zero-order valence-electron chi connectivity index (χ0n) is 11.4. The number of carbonyl (C=O) groups is 1. The molecule has 2 N–H and O–H groups in total. The Bertz CT molecular complexity index is 978. The molecule has 0 aliphatic carbocycles. The highest BCUT2D eigenvalue weighted by Crippen LogP contribution is 2.21. The third-order valence-electron chi connectivity index (χ3n) is 3.38. The Morgan fingerprint density at radius 1 is 0.955 bits per heavy atom. The van der Waals surface area contributed by atoms with E-state index in [0.29, 0.717) is 16.7 Å². The van der Waals surface area contributed by atoms with Crippen molar-refractivity contribution in [3.8, 4) is 0 Å². The number of nitrogens with zero attached hydrogens (tertiary/aromatic N) is 3. The van der Waals surface area contributed by atoms with E-state index in [1.54, 1.807) is 24.3 Å². The Kier molecular flexibility index (Phi) is 2.79. The summed E-state index contributed by atoms with van der Waals surface area (Å²) in [5.74, 6) is -0.0919. The van der Waals surface area contributed by atoms with E-state index in [-0.39, 0.29) is 11.9 Å². The number of aromatic nitrogens is 4. The molecule has 1 amide bonds. The SMILES string of the molecule is O=C(Nc1nnc2c(n1)[nH]c1ccccc12)c1ccccc1. The van der Waals surface area contributed by atoms with Gasteiger partial charge in [0, 0.05) is 16.5 Å². The molecule has 0 bridgehead atoms.